The monoisotopic (exact) mass is 565 g/mol. The number of likely N-dealkylation sites (N-methyl/N-ethyl adjacent to an activating group) is 1. The standard InChI is InChI=1S/C33H51N5O3/c1-33(2,3)31(35-30(39)23-36(4)5)32(40)38-19-12-17-29(38)22-37(20-18-26-13-8-6-9-14-26)25-41-24-28(34)21-27-15-10-7-11-16-27/h6-11,13-16,28-29,31H,12,17-25,34H2,1-5H3,(H,35,39)/t28-,29+,31-/m1/s1. The van der Waals surface area contributed by atoms with E-state index in [4.69, 9.17) is 10.5 Å². The van der Waals surface area contributed by atoms with Crippen molar-refractivity contribution in [2.24, 2.45) is 11.1 Å². The quantitative estimate of drug-likeness (QED) is 0.323. The number of amides is 2. The van der Waals surface area contributed by atoms with Crippen LogP contribution in [0.2, 0.25) is 0 Å². The third-order valence-electron chi connectivity index (χ3n) is 7.51. The van der Waals surface area contributed by atoms with Crippen LogP contribution in [0.25, 0.3) is 0 Å². The molecule has 226 valence electrons. The van der Waals surface area contributed by atoms with Crippen LogP contribution >= 0.6 is 0 Å². The van der Waals surface area contributed by atoms with Gasteiger partial charge < -0.3 is 25.6 Å². The zero-order valence-electron chi connectivity index (χ0n) is 25.7. The number of carbonyl (C=O) groups excluding carboxylic acids is 2. The highest BCUT2D eigenvalue weighted by Gasteiger charge is 2.40. The molecule has 41 heavy (non-hydrogen) atoms. The van der Waals surface area contributed by atoms with Crippen LogP contribution in [-0.4, -0.2) is 98.3 Å². The Morgan fingerprint density at radius 2 is 1.68 bits per heavy atom. The second kappa shape index (κ2) is 16.0. The van der Waals surface area contributed by atoms with Crippen LogP contribution in [0.5, 0.6) is 0 Å². The summed E-state index contributed by atoms with van der Waals surface area (Å²) in [5, 5.41) is 3.03. The Morgan fingerprint density at radius 1 is 1.05 bits per heavy atom. The zero-order valence-corrected chi connectivity index (χ0v) is 25.7. The van der Waals surface area contributed by atoms with Crippen molar-refractivity contribution in [1.29, 1.82) is 0 Å². The van der Waals surface area contributed by atoms with Gasteiger partial charge in [0, 0.05) is 31.7 Å². The number of benzene rings is 2. The van der Waals surface area contributed by atoms with Gasteiger partial charge in [-0.1, -0.05) is 81.4 Å². The van der Waals surface area contributed by atoms with Gasteiger partial charge in [0.05, 0.1) is 19.9 Å². The van der Waals surface area contributed by atoms with E-state index in [0.29, 0.717) is 19.9 Å². The Bertz CT molecular complexity index is 1060. The molecule has 1 aliphatic rings. The lowest BCUT2D eigenvalue weighted by atomic mass is 9.85. The van der Waals surface area contributed by atoms with E-state index in [2.05, 4.69) is 46.6 Å². The molecule has 0 spiro atoms. The van der Waals surface area contributed by atoms with Crippen molar-refractivity contribution in [3.8, 4) is 0 Å². The number of nitrogens with one attached hydrogen (secondary N) is 1. The van der Waals surface area contributed by atoms with Crippen molar-refractivity contribution in [3.63, 3.8) is 0 Å². The van der Waals surface area contributed by atoms with Crippen molar-refractivity contribution in [2.75, 3.05) is 53.6 Å². The van der Waals surface area contributed by atoms with Crippen LogP contribution in [0.15, 0.2) is 60.7 Å². The van der Waals surface area contributed by atoms with E-state index in [1.165, 1.54) is 11.1 Å². The first-order valence-corrected chi connectivity index (χ1v) is 14.9. The number of carbonyl (C=O) groups is 2. The summed E-state index contributed by atoms with van der Waals surface area (Å²) in [6.45, 7) is 9.44. The van der Waals surface area contributed by atoms with Gasteiger partial charge in [0.2, 0.25) is 11.8 Å². The first kappa shape index (κ1) is 32.7. The number of nitrogens with zero attached hydrogens (tertiary/aromatic N) is 3. The summed E-state index contributed by atoms with van der Waals surface area (Å²) in [6, 6.07) is 20.1. The molecule has 2 aromatic rings. The molecule has 1 fully saturated rings. The molecule has 8 heteroatoms. The van der Waals surface area contributed by atoms with E-state index in [9.17, 15) is 9.59 Å². The Morgan fingerprint density at radius 3 is 2.29 bits per heavy atom. The molecule has 3 N–H and O–H groups in total. The van der Waals surface area contributed by atoms with Gasteiger partial charge in [-0.05, 0) is 56.3 Å². The Balaban J connectivity index is 1.65. The van der Waals surface area contributed by atoms with Crippen molar-refractivity contribution < 1.29 is 14.3 Å². The summed E-state index contributed by atoms with van der Waals surface area (Å²) in [7, 11) is 3.70. The van der Waals surface area contributed by atoms with Gasteiger partial charge >= 0.3 is 0 Å². The predicted octanol–water partition coefficient (Wildman–Crippen LogP) is 3.16. The molecule has 0 saturated carbocycles. The highest BCUT2D eigenvalue weighted by Crippen LogP contribution is 2.26. The first-order chi connectivity index (χ1) is 19.5. The van der Waals surface area contributed by atoms with Crippen LogP contribution in [0.4, 0.5) is 0 Å². The summed E-state index contributed by atoms with van der Waals surface area (Å²) in [5.41, 5.74) is 8.46. The molecule has 1 aliphatic heterocycles. The van der Waals surface area contributed by atoms with E-state index in [0.717, 1.165) is 38.8 Å². The first-order valence-electron chi connectivity index (χ1n) is 14.9. The molecule has 0 unspecified atom stereocenters. The summed E-state index contributed by atoms with van der Waals surface area (Å²) in [5.74, 6) is -0.135. The smallest absolute Gasteiger partial charge is 0.245 e. The third kappa shape index (κ3) is 11.2. The fraction of sp³-hybridized carbons (Fsp3) is 0.576. The molecule has 3 atom stereocenters. The highest BCUT2D eigenvalue weighted by atomic mass is 16.5. The van der Waals surface area contributed by atoms with Gasteiger partial charge in [-0.3, -0.25) is 14.5 Å². The topological polar surface area (TPSA) is 91.1 Å². The van der Waals surface area contributed by atoms with Gasteiger partial charge in [0.1, 0.15) is 6.04 Å². The summed E-state index contributed by atoms with van der Waals surface area (Å²) >= 11 is 0. The normalized spacial score (nSPS) is 17.2. The minimum absolute atomic E-state index is 0.000849. The lowest BCUT2D eigenvalue weighted by Gasteiger charge is -2.37. The molecule has 0 aliphatic carbocycles. The molecule has 3 rings (SSSR count). The van der Waals surface area contributed by atoms with Crippen LogP contribution in [0.1, 0.15) is 44.7 Å². The lowest BCUT2D eigenvalue weighted by molar-refractivity contribution is -0.140. The predicted molar refractivity (Wildman–Crippen MR) is 165 cm³/mol. The molecule has 2 amide bonds. The zero-order chi connectivity index (χ0) is 29.8. The van der Waals surface area contributed by atoms with Gasteiger partial charge in [-0.25, -0.2) is 0 Å². The van der Waals surface area contributed by atoms with E-state index >= 15 is 0 Å². The third-order valence-corrected chi connectivity index (χ3v) is 7.51. The van der Waals surface area contributed by atoms with E-state index in [1.807, 2.05) is 68.9 Å². The van der Waals surface area contributed by atoms with E-state index in [1.54, 1.807) is 0 Å². The Kier molecular flexibility index (Phi) is 12.8. The van der Waals surface area contributed by atoms with Crippen molar-refractivity contribution in [3.05, 3.63) is 71.8 Å². The number of rotatable bonds is 15. The van der Waals surface area contributed by atoms with Crippen LogP contribution in [0.3, 0.4) is 0 Å². The maximum Gasteiger partial charge on any atom is 0.245 e. The van der Waals surface area contributed by atoms with Crippen molar-refractivity contribution in [2.45, 2.75) is 64.6 Å². The minimum atomic E-state index is -0.583. The van der Waals surface area contributed by atoms with Gasteiger partial charge in [-0.2, -0.15) is 0 Å². The molecular formula is C33H51N5O3. The molecule has 1 heterocycles. The number of nitrogens with two attached hydrogens (primary N) is 1. The average molecular weight is 566 g/mol. The summed E-state index contributed by atoms with van der Waals surface area (Å²) < 4.78 is 6.15. The van der Waals surface area contributed by atoms with Crippen LogP contribution in [0, 0.1) is 5.41 Å². The molecule has 0 radical (unpaired) electrons. The van der Waals surface area contributed by atoms with Gasteiger partial charge in [0.25, 0.3) is 0 Å². The average Bonchev–Trinajstić information content (AvgIpc) is 3.38. The van der Waals surface area contributed by atoms with Crippen molar-refractivity contribution >= 4 is 11.8 Å². The Labute approximate surface area is 247 Å². The van der Waals surface area contributed by atoms with Gasteiger partial charge in [0.15, 0.2) is 0 Å². The fourth-order valence-corrected chi connectivity index (χ4v) is 5.37. The minimum Gasteiger partial charge on any atom is -0.364 e. The maximum absolute atomic E-state index is 13.9. The number of likely N-dealkylation sites (tertiary alicyclic amines) is 1. The molecular weight excluding hydrogens is 514 g/mol. The maximum atomic E-state index is 13.9. The molecule has 0 bridgehead atoms. The van der Waals surface area contributed by atoms with Crippen molar-refractivity contribution in [1.82, 2.24) is 20.0 Å². The van der Waals surface area contributed by atoms with Crippen LogP contribution in [-0.2, 0) is 27.2 Å². The second-order valence-corrected chi connectivity index (χ2v) is 12.7. The number of ether oxygens (including phenoxy) is 1. The summed E-state index contributed by atoms with van der Waals surface area (Å²) in [4.78, 5) is 32.6. The molecule has 1 saturated heterocycles. The van der Waals surface area contributed by atoms with Crippen LogP contribution < -0.4 is 11.1 Å². The van der Waals surface area contributed by atoms with E-state index < -0.39 is 11.5 Å². The lowest BCUT2D eigenvalue weighted by Crippen LogP contribution is -2.57. The van der Waals surface area contributed by atoms with E-state index in [-0.39, 0.29) is 30.4 Å². The Hall–Kier alpha value is -2.78. The van der Waals surface area contributed by atoms with Gasteiger partial charge in [-0.15, -0.1) is 0 Å². The molecule has 2 aromatic carbocycles. The fourth-order valence-electron chi connectivity index (χ4n) is 5.37. The summed E-state index contributed by atoms with van der Waals surface area (Å²) in [6.07, 6.45) is 3.55. The highest BCUT2D eigenvalue weighted by molar-refractivity contribution is 5.89. The molecule has 8 nitrogen and oxygen atoms in total. The largest absolute Gasteiger partial charge is 0.364 e. The molecule has 0 aromatic heterocycles. The SMILES string of the molecule is CN(C)CC(=O)N[C@H](C(=O)N1CCC[C@H]1CN(CCc1ccccc1)COC[C@H](N)Cc1ccccc1)C(C)(C)C. The second-order valence-electron chi connectivity index (χ2n) is 12.7. The number of hydrogen-bond acceptors (Lipinski definition) is 6. The number of hydrogen-bond donors (Lipinski definition) is 2.